The number of nitrogens with zero attached hydrogens (tertiary/aromatic N) is 5. The van der Waals surface area contributed by atoms with Crippen molar-refractivity contribution >= 4 is 15.9 Å². The largest absolute Gasteiger partial charge is 0.304 e. The fraction of sp³-hybridized carbons (Fsp3) is 0.615. The van der Waals surface area contributed by atoms with E-state index in [4.69, 9.17) is 0 Å². The van der Waals surface area contributed by atoms with Crippen LogP contribution in [0.15, 0.2) is 10.7 Å². The maximum atomic E-state index is 4.54. The van der Waals surface area contributed by atoms with Gasteiger partial charge in [-0.25, -0.2) is 4.68 Å². The van der Waals surface area contributed by atoms with Gasteiger partial charge in [0.05, 0.1) is 23.1 Å². The molecule has 0 aliphatic heterocycles. The molecule has 6 nitrogen and oxygen atoms in total. The van der Waals surface area contributed by atoms with E-state index in [0.717, 1.165) is 41.2 Å². The lowest BCUT2D eigenvalue weighted by Crippen LogP contribution is -2.28. The molecule has 1 N–H and O–H groups in total. The zero-order chi connectivity index (χ0) is 14.7. The second-order valence-corrected chi connectivity index (χ2v) is 5.55. The van der Waals surface area contributed by atoms with Gasteiger partial charge in [-0.1, -0.05) is 12.1 Å². The third-order valence-electron chi connectivity index (χ3n) is 3.23. The van der Waals surface area contributed by atoms with Crippen molar-refractivity contribution in [1.82, 2.24) is 30.1 Å². The second kappa shape index (κ2) is 6.49. The normalized spacial score (nSPS) is 12.8. The summed E-state index contributed by atoms with van der Waals surface area (Å²) in [6, 6.07) is 2.15. The highest BCUT2D eigenvalue weighted by Gasteiger charge is 2.24. The van der Waals surface area contributed by atoms with Crippen molar-refractivity contribution in [2.75, 3.05) is 6.54 Å². The van der Waals surface area contributed by atoms with Gasteiger partial charge in [0.15, 0.2) is 4.60 Å². The first kappa shape index (κ1) is 15.2. The molecule has 110 valence electrons. The van der Waals surface area contributed by atoms with Crippen LogP contribution in [0.5, 0.6) is 0 Å². The van der Waals surface area contributed by atoms with E-state index >= 15 is 0 Å². The van der Waals surface area contributed by atoms with Gasteiger partial charge in [0.25, 0.3) is 0 Å². The highest BCUT2D eigenvalue weighted by atomic mass is 79.9. The molecule has 0 amide bonds. The van der Waals surface area contributed by atoms with Crippen LogP contribution in [-0.4, -0.2) is 31.3 Å². The highest BCUT2D eigenvalue weighted by molar-refractivity contribution is 9.10. The maximum absolute atomic E-state index is 4.54. The third-order valence-corrected chi connectivity index (χ3v) is 3.79. The van der Waals surface area contributed by atoms with Crippen molar-refractivity contribution in [2.45, 2.75) is 39.8 Å². The fourth-order valence-corrected chi connectivity index (χ4v) is 2.88. The van der Waals surface area contributed by atoms with Crippen LogP contribution in [0.4, 0.5) is 0 Å². The minimum absolute atomic E-state index is 0.0328. The topological polar surface area (TPSA) is 60.6 Å². The van der Waals surface area contributed by atoms with Gasteiger partial charge in [-0.05, 0) is 48.8 Å². The highest BCUT2D eigenvalue weighted by Crippen LogP contribution is 2.27. The van der Waals surface area contributed by atoms with Gasteiger partial charge in [-0.15, -0.1) is 5.10 Å². The molecule has 2 rings (SSSR count). The number of hydrogen-bond donors (Lipinski definition) is 1. The smallest absolute Gasteiger partial charge is 0.153 e. The first-order valence-electron chi connectivity index (χ1n) is 6.91. The molecule has 7 heteroatoms. The van der Waals surface area contributed by atoms with Crippen LogP contribution < -0.4 is 5.32 Å². The fourth-order valence-electron chi connectivity index (χ4n) is 2.33. The lowest BCUT2D eigenvalue weighted by atomic mass is 10.1. The maximum Gasteiger partial charge on any atom is 0.153 e. The Morgan fingerprint density at radius 3 is 2.70 bits per heavy atom. The van der Waals surface area contributed by atoms with Gasteiger partial charge >= 0.3 is 0 Å². The summed E-state index contributed by atoms with van der Waals surface area (Å²) in [7, 11) is 1.91. The van der Waals surface area contributed by atoms with Gasteiger partial charge in [0, 0.05) is 13.6 Å². The Labute approximate surface area is 127 Å². The van der Waals surface area contributed by atoms with Crippen LogP contribution in [0, 0.1) is 6.92 Å². The standard InChI is InChI=1S/C13H21BrN6/c1-5-7-15-11(12-13(14)16-18-19(12)4)10-8-9(3)17-20(10)6-2/h8,11,15H,5-7H2,1-4H3. The van der Waals surface area contributed by atoms with E-state index < -0.39 is 0 Å². The molecule has 0 bridgehead atoms. The average Bonchev–Trinajstić information content (AvgIpc) is 2.95. The summed E-state index contributed by atoms with van der Waals surface area (Å²) in [6.07, 6.45) is 1.07. The number of nitrogens with one attached hydrogen (secondary N) is 1. The zero-order valence-corrected chi connectivity index (χ0v) is 14.0. The Morgan fingerprint density at radius 1 is 1.40 bits per heavy atom. The molecular formula is C13H21BrN6. The van der Waals surface area contributed by atoms with E-state index in [1.807, 2.05) is 18.7 Å². The summed E-state index contributed by atoms with van der Waals surface area (Å²) >= 11 is 3.50. The SMILES string of the molecule is CCCNC(c1c(Br)nnn1C)c1cc(C)nn1CC. The Morgan fingerprint density at radius 2 is 2.15 bits per heavy atom. The predicted octanol–water partition coefficient (Wildman–Crippen LogP) is 2.19. The lowest BCUT2D eigenvalue weighted by Gasteiger charge is -2.19. The summed E-state index contributed by atoms with van der Waals surface area (Å²) in [5.74, 6) is 0. The van der Waals surface area contributed by atoms with Gasteiger partial charge in [-0.2, -0.15) is 5.10 Å². The van der Waals surface area contributed by atoms with Crippen LogP contribution in [0.3, 0.4) is 0 Å². The molecule has 0 fully saturated rings. The summed E-state index contributed by atoms with van der Waals surface area (Å²) < 4.78 is 4.61. The van der Waals surface area contributed by atoms with E-state index in [1.54, 1.807) is 4.68 Å². The Hall–Kier alpha value is -1.21. The summed E-state index contributed by atoms with van der Waals surface area (Å²) in [5, 5.41) is 16.3. The summed E-state index contributed by atoms with van der Waals surface area (Å²) in [6.45, 7) is 8.04. The molecule has 0 aromatic carbocycles. The van der Waals surface area contributed by atoms with E-state index in [0.29, 0.717) is 0 Å². The molecule has 1 atom stereocenters. The van der Waals surface area contributed by atoms with Crippen molar-refractivity contribution in [3.63, 3.8) is 0 Å². The first-order valence-corrected chi connectivity index (χ1v) is 7.70. The van der Waals surface area contributed by atoms with Gasteiger partial charge in [0.1, 0.15) is 0 Å². The first-order chi connectivity index (χ1) is 9.58. The molecule has 2 aromatic heterocycles. The molecule has 0 aliphatic rings. The molecular weight excluding hydrogens is 320 g/mol. The van der Waals surface area contributed by atoms with Crippen LogP contribution in [0.1, 0.15) is 43.4 Å². The number of aryl methyl sites for hydroxylation is 3. The molecule has 0 spiro atoms. The van der Waals surface area contributed by atoms with Crippen LogP contribution in [-0.2, 0) is 13.6 Å². The third kappa shape index (κ3) is 2.93. The Balaban J connectivity index is 2.47. The van der Waals surface area contributed by atoms with E-state index in [-0.39, 0.29) is 6.04 Å². The van der Waals surface area contributed by atoms with E-state index in [2.05, 4.69) is 56.6 Å². The number of rotatable bonds is 6. The molecule has 20 heavy (non-hydrogen) atoms. The van der Waals surface area contributed by atoms with Gasteiger partial charge in [-0.3, -0.25) is 4.68 Å². The summed E-state index contributed by atoms with van der Waals surface area (Å²) in [5.41, 5.74) is 3.19. The van der Waals surface area contributed by atoms with Crippen molar-refractivity contribution in [1.29, 1.82) is 0 Å². The monoisotopic (exact) mass is 340 g/mol. The summed E-state index contributed by atoms with van der Waals surface area (Å²) in [4.78, 5) is 0. The van der Waals surface area contributed by atoms with Crippen molar-refractivity contribution in [3.8, 4) is 0 Å². The van der Waals surface area contributed by atoms with Crippen molar-refractivity contribution < 1.29 is 0 Å². The van der Waals surface area contributed by atoms with E-state index in [9.17, 15) is 0 Å². The van der Waals surface area contributed by atoms with Crippen LogP contribution in [0.25, 0.3) is 0 Å². The van der Waals surface area contributed by atoms with E-state index in [1.165, 1.54) is 0 Å². The molecule has 0 saturated carbocycles. The van der Waals surface area contributed by atoms with Gasteiger partial charge in [0.2, 0.25) is 0 Å². The van der Waals surface area contributed by atoms with Gasteiger partial charge < -0.3 is 5.32 Å². The molecule has 0 saturated heterocycles. The predicted molar refractivity (Wildman–Crippen MR) is 81.5 cm³/mol. The Bertz CT molecular complexity index is 554. The number of aromatic nitrogens is 5. The Kier molecular flexibility index (Phi) is 4.93. The number of hydrogen-bond acceptors (Lipinski definition) is 4. The molecule has 2 aromatic rings. The second-order valence-electron chi connectivity index (χ2n) is 4.80. The molecule has 1 unspecified atom stereocenters. The average molecular weight is 341 g/mol. The van der Waals surface area contributed by atoms with Crippen molar-refractivity contribution in [3.05, 3.63) is 27.8 Å². The minimum atomic E-state index is 0.0328. The number of halogens is 1. The molecule has 0 radical (unpaired) electrons. The van der Waals surface area contributed by atoms with Crippen LogP contribution in [0.2, 0.25) is 0 Å². The molecule has 0 aliphatic carbocycles. The molecule has 2 heterocycles. The van der Waals surface area contributed by atoms with Crippen LogP contribution >= 0.6 is 15.9 Å². The van der Waals surface area contributed by atoms with Crippen molar-refractivity contribution in [2.24, 2.45) is 7.05 Å². The minimum Gasteiger partial charge on any atom is -0.304 e. The zero-order valence-electron chi connectivity index (χ0n) is 12.4. The quantitative estimate of drug-likeness (QED) is 0.875. The lowest BCUT2D eigenvalue weighted by molar-refractivity contribution is 0.501.